The van der Waals surface area contributed by atoms with Crippen molar-refractivity contribution in [3.05, 3.63) is 52.5 Å². The Morgan fingerprint density at radius 1 is 1.22 bits per heavy atom. The van der Waals surface area contributed by atoms with Crippen molar-refractivity contribution in [1.82, 2.24) is 0 Å². The molecule has 2 aromatic rings. The summed E-state index contributed by atoms with van der Waals surface area (Å²) in [6.45, 7) is 8.16. The van der Waals surface area contributed by atoms with E-state index in [0.717, 1.165) is 43.4 Å². The highest BCUT2D eigenvalue weighted by atomic mass is 35.5. The molecule has 0 unspecified atom stereocenters. The van der Waals surface area contributed by atoms with Gasteiger partial charge in [0.15, 0.2) is 0 Å². The Morgan fingerprint density at radius 3 is 2.59 bits per heavy atom. The number of halogens is 1. The van der Waals surface area contributed by atoms with Gasteiger partial charge in [-0.15, -0.1) is 0 Å². The maximum Gasteiger partial charge on any atom is 0.347 e. The summed E-state index contributed by atoms with van der Waals surface area (Å²) in [5, 5.41) is 9.97. The van der Waals surface area contributed by atoms with Crippen LogP contribution in [-0.4, -0.2) is 28.9 Å². The topological polar surface area (TPSA) is 65.0 Å². The lowest BCUT2D eigenvalue weighted by Gasteiger charge is -2.33. The molecular formula is C26H33ClO5. The lowest BCUT2D eigenvalue weighted by Crippen LogP contribution is -2.40. The van der Waals surface area contributed by atoms with Gasteiger partial charge in [-0.25, -0.2) is 4.79 Å². The SMILES string of the molecule is CC[C@@](C)(Oc1ccc(CCCCOc2cc3c(cc2Cl)CCC(C)(C)O3)cc1)C(=O)O. The van der Waals surface area contributed by atoms with Gasteiger partial charge in [0.05, 0.1) is 11.6 Å². The summed E-state index contributed by atoms with van der Waals surface area (Å²) in [5.74, 6) is 1.14. The molecule has 0 radical (unpaired) electrons. The van der Waals surface area contributed by atoms with Crippen LogP contribution >= 0.6 is 11.6 Å². The van der Waals surface area contributed by atoms with Crippen LogP contribution < -0.4 is 14.2 Å². The van der Waals surface area contributed by atoms with E-state index in [0.29, 0.717) is 29.5 Å². The normalized spacial score (nSPS) is 16.4. The molecule has 1 heterocycles. The highest BCUT2D eigenvalue weighted by Crippen LogP contribution is 2.39. The van der Waals surface area contributed by atoms with Gasteiger partial charge in [-0.1, -0.05) is 30.7 Å². The third-order valence-electron chi connectivity index (χ3n) is 6.01. The highest BCUT2D eigenvalue weighted by Gasteiger charge is 2.33. The third-order valence-corrected chi connectivity index (χ3v) is 6.30. The summed E-state index contributed by atoms with van der Waals surface area (Å²) in [5.41, 5.74) is 0.934. The number of benzene rings is 2. The van der Waals surface area contributed by atoms with Crippen molar-refractivity contribution in [1.29, 1.82) is 0 Å². The molecule has 3 rings (SSSR count). The number of hydrogen-bond acceptors (Lipinski definition) is 4. The number of ether oxygens (including phenoxy) is 3. The minimum Gasteiger partial charge on any atom is -0.492 e. The summed E-state index contributed by atoms with van der Waals surface area (Å²) >= 11 is 6.40. The molecule has 6 heteroatoms. The first-order valence-corrected chi connectivity index (χ1v) is 11.7. The predicted octanol–water partition coefficient (Wildman–Crippen LogP) is 6.48. The molecule has 0 aliphatic carbocycles. The molecule has 0 fully saturated rings. The maximum absolute atomic E-state index is 11.4. The highest BCUT2D eigenvalue weighted by molar-refractivity contribution is 6.32. The largest absolute Gasteiger partial charge is 0.492 e. The smallest absolute Gasteiger partial charge is 0.347 e. The van der Waals surface area contributed by atoms with Gasteiger partial charge in [-0.2, -0.15) is 0 Å². The van der Waals surface area contributed by atoms with Gasteiger partial charge in [-0.05, 0) is 88.6 Å². The molecule has 1 aliphatic rings. The van der Waals surface area contributed by atoms with Crippen LogP contribution in [0.15, 0.2) is 36.4 Å². The molecule has 32 heavy (non-hydrogen) atoms. The first-order chi connectivity index (χ1) is 15.1. The monoisotopic (exact) mass is 460 g/mol. The van der Waals surface area contributed by atoms with Crippen LogP contribution in [0.4, 0.5) is 0 Å². The first kappa shape index (κ1) is 24.2. The molecule has 2 aromatic carbocycles. The third kappa shape index (κ3) is 6.10. The van der Waals surface area contributed by atoms with Crippen LogP contribution in [0.3, 0.4) is 0 Å². The first-order valence-electron chi connectivity index (χ1n) is 11.3. The number of fused-ring (bicyclic) bond motifs is 1. The number of hydrogen-bond donors (Lipinski definition) is 1. The summed E-state index contributed by atoms with van der Waals surface area (Å²) in [6.07, 6.45) is 5.09. The fraction of sp³-hybridized carbons (Fsp3) is 0.500. The van der Waals surface area contributed by atoms with Crippen molar-refractivity contribution in [3.8, 4) is 17.2 Å². The average molecular weight is 461 g/mol. The van der Waals surface area contributed by atoms with E-state index >= 15 is 0 Å². The Kier molecular flexibility index (Phi) is 7.60. The molecule has 174 valence electrons. The quantitative estimate of drug-likeness (QED) is 0.411. The molecular weight excluding hydrogens is 428 g/mol. The van der Waals surface area contributed by atoms with E-state index in [1.807, 2.05) is 36.4 Å². The summed E-state index contributed by atoms with van der Waals surface area (Å²) in [4.78, 5) is 11.4. The summed E-state index contributed by atoms with van der Waals surface area (Å²) < 4.78 is 17.7. The van der Waals surface area contributed by atoms with Crippen molar-refractivity contribution in [3.63, 3.8) is 0 Å². The number of carboxylic acids is 1. The van der Waals surface area contributed by atoms with Gasteiger partial charge in [0.25, 0.3) is 0 Å². The fourth-order valence-electron chi connectivity index (χ4n) is 3.63. The molecule has 0 saturated carbocycles. The van der Waals surface area contributed by atoms with Gasteiger partial charge in [0.2, 0.25) is 5.60 Å². The van der Waals surface area contributed by atoms with E-state index in [4.69, 9.17) is 25.8 Å². The minimum absolute atomic E-state index is 0.165. The Balaban J connectivity index is 1.46. The van der Waals surface area contributed by atoms with E-state index in [9.17, 15) is 9.90 Å². The number of aliphatic carboxylic acids is 1. The van der Waals surface area contributed by atoms with E-state index in [2.05, 4.69) is 13.8 Å². The Bertz CT molecular complexity index is 938. The van der Waals surface area contributed by atoms with Crippen molar-refractivity contribution >= 4 is 17.6 Å². The molecule has 0 aromatic heterocycles. The number of unbranched alkanes of at least 4 members (excludes halogenated alkanes) is 1. The number of rotatable bonds is 10. The Labute approximate surface area is 195 Å². The standard InChI is InChI=1S/C26H33ClO5/c1-5-26(4,24(28)29)31-20-11-9-18(10-12-20)8-6-7-15-30-23-17-22-19(16-21(23)27)13-14-25(2,3)32-22/h9-12,16-17H,5-8,13-15H2,1-4H3,(H,28,29)/t26-/m1/s1. The maximum atomic E-state index is 11.4. The van der Waals surface area contributed by atoms with Gasteiger partial charge >= 0.3 is 5.97 Å². The predicted molar refractivity (Wildman–Crippen MR) is 126 cm³/mol. The van der Waals surface area contributed by atoms with Gasteiger partial charge in [-0.3, -0.25) is 0 Å². The molecule has 0 saturated heterocycles. The van der Waals surface area contributed by atoms with E-state index < -0.39 is 11.6 Å². The van der Waals surface area contributed by atoms with Crippen LogP contribution in [0.1, 0.15) is 64.5 Å². The van der Waals surface area contributed by atoms with Crippen LogP contribution in [-0.2, 0) is 17.6 Å². The molecule has 1 atom stereocenters. The molecule has 0 spiro atoms. The second-order valence-corrected chi connectivity index (χ2v) is 9.60. The summed E-state index contributed by atoms with van der Waals surface area (Å²) in [6, 6.07) is 11.5. The van der Waals surface area contributed by atoms with Crippen LogP contribution in [0.2, 0.25) is 5.02 Å². The van der Waals surface area contributed by atoms with Gasteiger partial charge in [0, 0.05) is 6.07 Å². The Hall–Kier alpha value is -2.40. The summed E-state index contributed by atoms with van der Waals surface area (Å²) in [7, 11) is 0. The van der Waals surface area contributed by atoms with E-state index in [-0.39, 0.29) is 5.60 Å². The van der Waals surface area contributed by atoms with Crippen molar-refractivity contribution in [2.45, 2.75) is 77.4 Å². The Morgan fingerprint density at radius 2 is 1.94 bits per heavy atom. The van der Waals surface area contributed by atoms with E-state index in [1.165, 1.54) is 5.56 Å². The van der Waals surface area contributed by atoms with Crippen LogP contribution in [0.5, 0.6) is 17.2 Å². The lowest BCUT2D eigenvalue weighted by molar-refractivity contribution is -0.154. The molecule has 0 amide bonds. The molecule has 1 aliphatic heterocycles. The van der Waals surface area contributed by atoms with Crippen molar-refractivity contribution in [2.75, 3.05) is 6.61 Å². The van der Waals surface area contributed by atoms with Crippen molar-refractivity contribution < 1.29 is 24.1 Å². The lowest BCUT2D eigenvalue weighted by atomic mass is 9.94. The second kappa shape index (κ2) is 10.0. The second-order valence-electron chi connectivity index (χ2n) is 9.19. The van der Waals surface area contributed by atoms with Crippen LogP contribution in [0.25, 0.3) is 0 Å². The van der Waals surface area contributed by atoms with E-state index in [1.54, 1.807) is 13.8 Å². The fourth-order valence-corrected chi connectivity index (χ4v) is 3.87. The zero-order valence-electron chi connectivity index (χ0n) is 19.4. The van der Waals surface area contributed by atoms with Crippen LogP contribution in [0, 0.1) is 0 Å². The molecule has 5 nitrogen and oxygen atoms in total. The zero-order chi connectivity index (χ0) is 23.4. The van der Waals surface area contributed by atoms with Gasteiger partial charge < -0.3 is 19.3 Å². The number of carbonyl (C=O) groups is 1. The molecule has 1 N–H and O–H groups in total. The zero-order valence-corrected chi connectivity index (χ0v) is 20.1. The molecule has 0 bridgehead atoms. The number of aryl methyl sites for hydroxylation is 2. The van der Waals surface area contributed by atoms with Gasteiger partial charge in [0.1, 0.15) is 22.8 Å². The number of carboxylic acid groups (broad SMARTS) is 1. The minimum atomic E-state index is -1.21. The van der Waals surface area contributed by atoms with Crippen molar-refractivity contribution in [2.24, 2.45) is 0 Å². The average Bonchev–Trinajstić information content (AvgIpc) is 2.74.